The number of ether oxygens (including phenoxy) is 1. The van der Waals surface area contributed by atoms with E-state index in [1.54, 1.807) is 4.57 Å². The summed E-state index contributed by atoms with van der Waals surface area (Å²) < 4.78 is 9.76. The average molecular weight is 542 g/mol. The molecule has 0 aliphatic carbocycles. The van der Waals surface area contributed by atoms with Gasteiger partial charge in [-0.3, -0.25) is 9.36 Å². The molecule has 2 aromatic heterocycles. The number of thiazole rings is 1. The van der Waals surface area contributed by atoms with Crippen LogP contribution >= 0.6 is 11.3 Å². The van der Waals surface area contributed by atoms with Crippen LogP contribution in [0.2, 0.25) is 0 Å². The van der Waals surface area contributed by atoms with Crippen LogP contribution in [0.3, 0.4) is 0 Å². The van der Waals surface area contributed by atoms with Gasteiger partial charge in [0.05, 0.1) is 34.5 Å². The van der Waals surface area contributed by atoms with E-state index in [0.29, 0.717) is 26.5 Å². The Morgan fingerprint density at radius 3 is 2.49 bits per heavy atom. The first kappa shape index (κ1) is 26.9. The monoisotopic (exact) mass is 541 g/mol. The second kappa shape index (κ2) is 10.5. The molecule has 1 aliphatic rings. The zero-order valence-electron chi connectivity index (χ0n) is 23.7. The number of aromatic nitrogens is 2. The van der Waals surface area contributed by atoms with Gasteiger partial charge in [0.2, 0.25) is 0 Å². The van der Waals surface area contributed by atoms with Crippen LogP contribution in [-0.2, 0) is 16.1 Å². The topological polar surface area (TPSA) is 65.6 Å². The number of fused-ring (bicyclic) bond motifs is 2. The predicted octanol–water partition coefficient (Wildman–Crippen LogP) is 5.51. The van der Waals surface area contributed by atoms with Crippen molar-refractivity contribution in [3.8, 4) is 0 Å². The lowest BCUT2D eigenvalue weighted by Crippen LogP contribution is -2.39. The number of hydrogen-bond donors (Lipinski definition) is 0. The first-order valence-electron chi connectivity index (χ1n) is 13.5. The highest BCUT2D eigenvalue weighted by Crippen LogP contribution is 2.32. The predicted molar refractivity (Wildman–Crippen MR) is 158 cm³/mol. The van der Waals surface area contributed by atoms with Crippen molar-refractivity contribution in [2.45, 2.75) is 66.5 Å². The highest BCUT2D eigenvalue weighted by atomic mass is 32.1. The number of nitrogens with zero attached hydrogens (tertiary/aromatic N) is 3. The van der Waals surface area contributed by atoms with Crippen molar-refractivity contribution in [3.05, 3.63) is 101 Å². The van der Waals surface area contributed by atoms with E-state index in [1.807, 2.05) is 25.1 Å². The van der Waals surface area contributed by atoms with Crippen molar-refractivity contribution < 1.29 is 9.53 Å². The van der Waals surface area contributed by atoms with E-state index in [2.05, 4.69) is 69.5 Å². The molecule has 0 N–H and O–H groups in total. The summed E-state index contributed by atoms with van der Waals surface area (Å²) in [6.45, 7) is 13.4. The fourth-order valence-electron chi connectivity index (χ4n) is 5.63. The Kier molecular flexibility index (Phi) is 7.21. The van der Waals surface area contributed by atoms with Gasteiger partial charge in [-0.15, -0.1) is 0 Å². The molecule has 0 radical (unpaired) electrons. The maximum atomic E-state index is 14.1. The number of esters is 1. The normalized spacial score (nSPS) is 15.7. The maximum Gasteiger partial charge on any atom is 0.338 e. The van der Waals surface area contributed by atoms with Gasteiger partial charge < -0.3 is 9.30 Å². The number of methoxy groups -OCH3 is 1. The molecule has 0 amide bonds. The Morgan fingerprint density at radius 1 is 1.13 bits per heavy atom. The number of benzene rings is 2. The minimum Gasteiger partial charge on any atom is -0.466 e. The van der Waals surface area contributed by atoms with Crippen molar-refractivity contribution in [2.24, 2.45) is 4.99 Å². The van der Waals surface area contributed by atoms with Crippen LogP contribution < -0.4 is 14.9 Å². The number of hydrogen-bond acceptors (Lipinski definition) is 5. The summed E-state index contributed by atoms with van der Waals surface area (Å²) in [6, 6.07) is 13.9. The van der Waals surface area contributed by atoms with Gasteiger partial charge in [-0.2, -0.15) is 0 Å². The number of aryl methyl sites for hydroxylation is 2. The number of carbonyl (C=O) groups excluding carboxylic acids is 1. The lowest BCUT2D eigenvalue weighted by atomic mass is 9.93. The van der Waals surface area contributed by atoms with Gasteiger partial charge in [0.1, 0.15) is 0 Å². The molecule has 1 atom stereocenters. The molecule has 3 heterocycles. The lowest BCUT2D eigenvalue weighted by Gasteiger charge is -2.24. The van der Waals surface area contributed by atoms with Gasteiger partial charge in [-0.05, 0) is 55.9 Å². The molecule has 0 fully saturated rings. The van der Waals surface area contributed by atoms with Gasteiger partial charge in [0.15, 0.2) is 4.80 Å². The Morgan fingerprint density at radius 2 is 1.85 bits per heavy atom. The third-order valence-electron chi connectivity index (χ3n) is 7.66. The van der Waals surface area contributed by atoms with Crippen LogP contribution in [0.1, 0.15) is 74.0 Å². The second-order valence-corrected chi connectivity index (χ2v) is 11.5. The summed E-state index contributed by atoms with van der Waals surface area (Å²) >= 11 is 1.37. The van der Waals surface area contributed by atoms with Crippen LogP contribution in [0.4, 0.5) is 0 Å². The van der Waals surface area contributed by atoms with Crippen LogP contribution in [0.15, 0.2) is 63.5 Å². The Hall–Kier alpha value is -3.71. The van der Waals surface area contributed by atoms with E-state index in [9.17, 15) is 9.59 Å². The summed E-state index contributed by atoms with van der Waals surface area (Å²) in [7, 11) is 1.36. The van der Waals surface area contributed by atoms with Gasteiger partial charge in [-0.25, -0.2) is 9.79 Å². The van der Waals surface area contributed by atoms with Gasteiger partial charge in [0.25, 0.3) is 5.56 Å². The minimum absolute atomic E-state index is 0.158. The molecule has 0 saturated heterocycles. The SMILES string of the molecule is CCCn1c(C)c(/C=c2\sc3n(c2=O)[C@@H](c2ccc(C(C)C)cc2)C(C(=O)OC)=C(C)N=3)c2cccc(C)c21. The van der Waals surface area contributed by atoms with Crippen LogP contribution in [0.25, 0.3) is 17.0 Å². The molecule has 2 aromatic carbocycles. The molecule has 5 rings (SSSR count). The summed E-state index contributed by atoms with van der Waals surface area (Å²) in [4.78, 5) is 32.4. The van der Waals surface area contributed by atoms with E-state index >= 15 is 0 Å². The van der Waals surface area contributed by atoms with Crippen molar-refractivity contribution in [3.63, 3.8) is 0 Å². The van der Waals surface area contributed by atoms with Crippen molar-refractivity contribution in [1.29, 1.82) is 0 Å². The molecule has 0 unspecified atom stereocenters. The summed E-state index contributed by atoms with van der Waals surface area (Å²) in [5.41, 5.74) is 7.46. The number of rotatable bonds is 6. The minimum atomic E-state index is -0.609. The smallest absolute Gasteiger partial charge is 0.338 e. The lowest BCUT2D eigenvalue weighted by molar-refractivity contribution is -0.136. The molecule has 7 heteroatoms. The van der Waals surface area contributed by atoms with Gasteiger partial charge >= 0.3 is 5.97 Å². The zero-order chi connectivity index (χ0) is 28.0. The highest BCUT2D eigenvalue weighted by molar-refractivity contribution is 7.07. The molecule has 0 spiro atoms. The van der Waals surface area contributed by atoms with Crippen LogP contribution in [0, 0.1) is 13.8 Å². The quantitative estimate of drug-likeness (QED) is 0.302. The van der Waals surface area contributed by atoms with E-state index in [-0.39, 0.29) is 5.56 Å². The first-order chi connectivity index (χ1) is 18.7. The van der Waals surface area contributed by atoms with Crippen LogP contribution in [-0.4, -0.2) is 22.2 Å². The zero-order valence-corrected chi connectivity index (χ0v) is 24.5. The molecule has 0 bridgehead atoms. The Labute approximate surface area is 232 Å². The average Bonchev–Trinajstić information content (AvgIpc) is 3.37. The molecular weight excluding hydrogens is 506 g/mol. The highest BCUT2D eigenvalue weighted by Gasteiger charge is 2.33. The summed E-state index contributed by atoms with van der Waals surface area (Å²) in [5, 5.41) is 1.14. The number of para-hydroxylation sites is 1. The summed E-state index contributed by atoms with van der Waals surface area (Å²) in [5.74, 6) is -0.0995. The van der Waals surface area contributed by atoms with Crippen LogP contribution in [0.5, 0.6) is 0 Å². The van der Waals surface area contributed by atoms with E-state index in [0.717, 1.165) is 35.2 Å². The molecule has 202 valence electrons. The van der Waals surface area contributed by atoms with E-state index < -0.39 is 12.0 Å². The van der Waals surface area contributed by atoms with E-state index in [4.69, 9.17) is 9.73 Å². The molecular formula is C32H35N3O3S. The molecule has 6 nitrogen and oxygen atoms in total. The summed E-state index contributed by atoms with van der Waals surface area (Å²) in [6.07, 6.45) is 3.02. The Bertz CT molecular complexity index is 1800. The molecule has 4 aromatic rings. The van der Waals surface area contributed by atoms with Gasteiger partial charge in [-0.1, -0.05) is 74.6 Å². The maximum absolute atomic E-state index is 14.1. The molecule has 1 aliphatic heterocycles. The van der Waals surface area contributed by atoms with Crippen molar-refractivity contribution in [2.75, 3.05) is 7.11 Å². The Balaban J connectivity index is 1.76. The molecule has 0 saturated carbocycles. The van der Waals surface area contributed by atoms with Gasteiger partial charge in [0, 0.05) is 23.2 Å². The fourth-order valence-corrected chi connectivity index (χ4v) is 6.66. The standard InChI is InChI=1S/C32H35N3O3S/c1-8-16-34-21(6)25(24-11-9-10-19(4)28(24)34)17-26-30(36)35-29(23-14-12-22(13-15-23)18(2)3)27(31(37)38-7)20(5)33-32(35)39-26/h9-15,17-18,29H,8,16H2,1-7H3/b26-17-/t29-/m0/s1. The third kappa shape index (κ3) is 4.48. The van der Waals surface area contributed by atoms with E-state index in [1.165, 1.54) is 35.1 Å². The van der Waals surface area contributed by atoms with Crippen molar-refractivity contribution >= 4 is 34.3 Å². The number of allylic oxidation sites excluding steroid dienone is 1. The second-order valence-electron chi connectivity index (χ2n) is 10.5. The third-order valence-corrected chi connectivity index (χ3v) is 8.64. The molecule has 39 heavy (non-hydrogen) atoms. The number of carbonyl (C=O) groups is 1. The van der Waals surface area contributed by atoms with Crippen molar-refractivity contribution in [1.82, 2.24) is 9.13 Å². The first-order valence-corrected chi connectivity index (χ1v) is 14.3. The fraction of sp³-hybridized carbons (Fsp3) is 0.344. The largest absolute Gasteiger partial charge is 0.466 e.